The van der Waals surface area contributed by atoms with Crippen LogP contribution in [0.15, 0.2) is 77.3 Å². The van der Waals surface area contributed by atoms with Gasteiger partial charge in [0.2, 0.25) is 11.8 Å². The van der Waals surface area contributed by atoms with Crippen molar-refractivity contribution in [1.82, 2.24) is 4.90 Å². The molecule has 0 aliphatic carbocycles. The van der Waals surface area contributed by atoms with E-state index < -0.39 is 6.04 Å². The van der Waals surface area contributed by atoms with E-state index in [1.807, 2.05) is 42.5 Å². The molecule has 0 aromatic heterocycles. The standard InChI is InChI=1S/C23H18BrFN2O2/c24-17-8-11-20-19(13-17)23(16-6-9-18(25)10-7-16)27(14-21(28)26-20)22(29)12-15-4-2-1-3-5-15/h1-11,13,23H,12,14H2,(H,26,28)/t23-/m1/s1. The number of anilines is 1. The highest BCUT2D eigenvalue weighted by atomic mass is 79.9. The van der Waals surface area contributed by atoms with Crippen LogP contribution in [-0.4, -0.2) is 23.3 Å². The molecule has 0 saturated carbocycles. The number of fused-ring (bicyclic) bond motifs is 1. The van der Waals surface area contributed by atoms with E-state index in [9.17, 15) is 14.0 Å². The van der Waals surface area contributed by atoms with Crippen molar-refractivity contribution in [3.05, 3.63) is 99.8 Å². The van der Waals surface area contributed by atoms with Gasteiger partial charge in [-0.25, -0.2) is 4.39 Å². The Morgan fingerprint density at radius 3 is 2.52 bits per heavy atom. The van der Waals surface area contributed by atoms with E-state index in [1.165, 1.54) is 12.1 Å². The minimum atomic E-state index is -0.515. The first-order valence-electron chi connectivity index (χ1n) is 9.19. The second-order valence-corrected chi connectivity index (χ2v) is 7.83. The summed E-state index contributed by atoms with van der Waals surface area (Å²) < 4.78 is 14.4. The van der Waals surface area contributed by atoms with Gasteiger partial charge < -0.3 is 10.2 Å². The van der Waals surface area contributed by atoms with Crippen LogP contribution in [0.2, 0.25) is 0 Å². The zero-order chi connectivity index (χ0) is 20.4. The lowest BCUT2D eigenvalue weighted by molar-refractivity contribution is -0.135. The highest BCUT2D eigenvalue weighted by Gasteiger charge is 2.33. The third kappa shape index (κ3) is 4.22. The van der Waals surface area contributed by atoms with Crippen LogP contribution in [0, 0.1) is 5.82 Å². The summed E-state index contributed by atoms with van der Waals surface area (Å²) in [6.07, 6.45) is 0.176. The molecular weight excluding hydrogens is 435 g/mol. The number of halogens is 2. The molecule has 1 aliphatic heterocycles. The van der Waals surface area contributed by atoms with Crippen LogP contribution < -0.4 is 5.32 Å². The van der Waals surface area contributed by atoms with E-state index in [0.717, 1.165) is 21.2 Å². The molecule has 4 rings (SSSR count). The molecule has 0 saturated heterocycles. The van der Waals surface area contributed by atoms with E-state index in [4.69, 9.17) is 0 Å². The lowest BCUT2D eigenvalue weighted by Crippen LogP contribution is -2.39. The molecule has 2 amide bonds. The lowest BCUT2D eigenvalue weighted by Gasteiger charge is -2.31. The van der Waals surface area contributed by atoms with Gasteiger partial charge in [0, 0.05) is 15.7 Å². The third-order valence-corrected chi connectivity index (χ3v) is 5.41. The van der Waals surface area contributed by atoms with Crippen molar-refractivity contribution < 1.29 is 14.0 Å². The molecule has 0 bridgehead atoms. The normalized spacial score (nSPS) is 16.0. The quantitative estimate of drug-likeness (QED) is 0.625. The van der Waals surface area contributed by atoms with Crippen molar-refractivity contribution in [2.75, 3.05) is 11.9 Å². The summed E-state index contributed by atoms with van der Waals surface area (Å²) in [6, 6.07) is 20.5. The summed E-state index contributed by atoms with van der Waals surface area (Å²) in [5.74, 6) is -0.790. The Hall–Kier alpha value is -2.99. The maximum atomic E-state index is 13.5. The van der Waals surface area contributed by atoms with Crippen LogP contribution in [0.25, 0.3) is 0 Å². The van der Waals surface area contributed by atoms with Gasteiger partial charge >= 0.3 is 0 Å². The summed E-state index contributed by atoms with van der Waals surface area (Å²) >= 11 is 3.48. The Morgan fingerprint density at radius 1 is 1.07 bits per heavy atom. The molecule has 0 fully saturated rings. The topological polar surface area (TPSA) is 49.4 Å². The fraction of sp³-hybridized carbons (Fsp3) is 0.130. The Morgan fingerprint density at radius 2 is 1.79 bits per heavy atom. The van der Waals surface area contributed by atoms with Gasteiger partial charge in [0.1, 0.15) is 12.4 Å². The predicted molar refractivity (Wildman–Crippen MR) is 113 cm³/mol. The lowest BCUT2D eigenvalue weighted by atomic mass is 9.95. The number of hydrogen-bond donors (Lipinski definition) is 1. The van der Waals surface area contributed by atoms with Crippen molar-refractivity contribution in [2.45, 2.75) is 12.5 Å². The fourth-order valence-electron chi connectivity index (χ4n) is 3.59. The number of carbonyl (C=O) groups excluding carboxylic acids is 2. The minimum absolute atomic E-state index is 0.0833. The van der Waals surface area contributed by atoms with Crippen LogP contribution >= 0.6 is 15.9 Å². The fourth-order valence-corrected chi connectivity index (χ4v) is 3.96. The van der Waals surface area contributed by atoms with Gasteiger partial charge in [-0.1, -0.05) is 58.4 Å². The van der Waals surface area contributed by atoms with E-state index in [1.54, 1.807) is 23.1 Å². The van der Waals surface area contributed by atoms with Gasteiger partial charge in [-0.05, 0) is 41.5 Å². The van der Waals surface area contributed by atoms with Gasteiger partial charge in [-0.15, -0.1) is 0 Å². The minimum Gasteiger partial charge on any atom is -0.324 e. The molecule has 4 nitrogen and oxygen atoms in total. The smallest absolute Gasteiger partial charge is 0.244 e. The van der Waals surface area contributed by atoms with Crippen molar-refractivity contribution >= 4 is 33.4 Å². The second kappa shape index (κ2) is 8.17. The van der Waals surface area contributed by atoms with Crippen molar-refractivity contribution in [3.63, 3.8) is 0 Å². The number of nitrogens with zero attached hydrogens (tertiary/aromatic N) is 1. The average Bonchev–Trinajstić information content (AvgIpc) is 2.85. The molecule has 146 valence electrons. The summed E-state index contributed by atoms with van der Waals surface area (Å²) in [6.45, 7) is -0.0833. The predicted octanol–water partition coefficient (Wildman–Crippen LogP) is 4.70. The number of nitrogens with one attached hydrogen (secondary N) is 1. The first-order valence-corrected chi connectivity index (χ1v) is 9.99. The summed E-state index contributed by atoms with van der Waals surface area (Å²) in [5, 5.41) is 2.88. The highest BCUT2D eigenvalue weighted by Crippen LogP contribution is 2.37. The Labute approximate surface area is 176 Å². The molecule has 1 aliphatic rings. The maximum Gasteiger partial charge on any atom is 0.244 e. The Kier molecular flexibility index (Phi) is 5.45. The van der Waals surface area contributed by atoms with E-state index in [-0.39, 0.29) is 30.6 Å². The van der Waals surface area contributed by atoms with Crippen LogP contribution in [0.1, 0.15) is 22.7 Å². The molecule has 1 N–H and O–H groups in total. The van der Waals surface area contributed by atoms with Crippen molar-refractivity contribution in [1.29, 1.82) is 0 Å². The van der Waals surface area contributed by atoms with Gasteiger partial charge in [0.05, 0.1) is 12.5 Å². The van der Waals surface area contributed by atoms with Gasteiger partial charge in [0.15, 0.2) is 0 Å². The molecule has 1 atom stereocenters. The summed E-state index contributed by atoms with van der Waals surface area (Å²) in [4.78, 5) is 27.4. The summed E-state index contributed by atoms with van der Waals surface area (Å²) in [7, 11) is 0. The Balaban J connectivity index is 1.81. The number of rotatable bonds is 3. The first kappa shape index (κ1) is 19.3. The van der Waals surface area contributed by atoms with Crippen LogP contribution in [0.5, 0.6) is 0 Å². The third-order valence-electron chi connectivity index (χ3n) is 4.91. The molecule has 0 radical (unpaired) electrons. The molecule has 6 heteroatoms. The van der Waals surface area contributed by atoms with Gasteiger partial charge in [-0.2, -0.15) is 0 Å². The van der Waals surface area contributed by atoms with E-state index in [2.05, 4.69) is 21.2 Å². The molecule has 29 heavy (non-hydrogen) atoms. The van der Waals surface area contributed by atoms with Gasteiger partial charge in [-0.3, -0.25) is 9.59 Å². The number of hydrogen-bond acceptors (Lipinski definition) is 2. The average molecular weight is 453 g/mol. The second-order valence-electron chi connectivity index (χ2n) is 6.92. The van der Waals surface area contributed by atoms with Gasteiger partial charge in [0.25, 0.3) is 0 Å². The SMILES string of the molecule is O=C1CN(C(=O)Cc2ccccc2)[C@H](c2ccc(F)cc2)c2cc(Br)ccc2N1. The highest BCUT2D eigenvalue weighted by molar-refractivity contribution is 9.10. The molecule has 0 spiro atoms. The maximum absolute atomic E-state index is 13.5. The van der Waals surface area contributed by atoms with E-state index >= 15 is 0 Å². The Bertz CT molecular complexity index is 1050. The summed E-state index contributed by atoms with van der Waals surface area (Å²) in [5.41, 5.74) is 3.03. The zero-order valence-electron chi connectivity index (χ0n) is 15.4. The molecule has 1 heterocycles. The molecule has 0 unspecified atom stereocenters. The monoisotopic (exact) mass is 452 g/mol. The van der Waals surface area contributed by atoms with Crippen molar-refractivity contribution in [3.8, 4) is 0 Å². The molecule has 3 aromatic carbocycles. The number of benzene rings is 3. The van der Waals surface area contributed by atoms with E-state index in [0.29, 0.717) is 5.69 Å². The number of amides is 2. The van der Waals surface area contributed by atoms with Crippen molar-refractivity contribution in [2.24, 2.45) is 0 Å². The molecular formula is C23H18BrFN2O2. The zero-order valence-corrected chi connectivity index (χ0v) is 17.0. The first-order chi connectivity index (χ1) is 14.0. The van der Waals surface area contributed by atoms with Crippen LogP contribution in [0.3, 0.4) is 0 Å². The van der Waals surface area contributed by atoms with Crippen LogP contribution in [-0.2, 0) is 16.0 Å². The number of carbonyl (C=O) groups is 2. The molecule has 3 aromatic rings. The largest absolute Gasteiger partial charge is 0.324 e. The van der Waals surface area contributed by atoms with Crippen LogP contribution in [0.4, 0.5) is 10.1 Å².